The Morgan fingerprint density at radius 1 is 1.12 bits per heavy atom. The number of amides is 1. The van der Waals surface area contributed by atoms with Gasteiger partial charge in [0.2, 0.25) is 0 Å². The van der Waals surface area contributed by atoms with Crippen LogP contribution in [-0.2, 0) is 0 Å². The maximum atomic E-state index is 12.7. The number of benzene rings is 1. The van der Waals surface area contributed by atoms with Gasteiger partial charge in [-0.05, 0) is 31.2 Å². The Morgan fingerprint density at radius 2 is 1.83 bits per heavy atom. The molecule has 0 saturated heterocycles. The maximum absolute atomic E-state index is 12.7. The van der Waals surface area contributed by atoms with E-state index in [9.17, 15) is 9.59 Å². The number of nitrogens with zero attached hydrogens (tertiary/aromatic N) is 2. The number of methoxy groups -OCH3 is 2. The summed E-state index contributed by atoms with van der Waals surface area (Å²) in [5.74, 6) is -0.340. The Hall–Kier alpha value is -3.09. The highest BCUT2D eigenvalue weighted by atomic mass is 16.5. The normalized spacial score (nSPS) is 10.1. The van der Waals surface area contributed by atoms with E-state index in [-0.39, 0.29) is 11.6 Å². The number of ether oxygens (including phenoxy) is 2. The predicted molar refractivity (Wildman–Crippen MR) is 88.1 cm³/mol. The molecule has 0 aliphatic rings. The van der Waals surface area contributed by atoms with E-state index in [2.05, 4.69) is 4.98 Å². The number of carboxylic acid groups (broad SMARTS) is 1. The number of carbonyl (C=O) groups is 2. The lowest BCUT2D eigenvalue weighted by Crippen LogP contribution is -2.30. The second kappa shape index (κ2) is 7.45. The van der Waals surface area contributed by atoms with Crippen LogP contribution in [0.5, 0.6) is 11.5 Å². The molecule has 126 valence electrons. The summed E-state index contributed by atoms with van der Waals surface area (Å²) in [6, 6.07) is 7.93. The molecule has 0 fully saturated rings. The van der Waals surface area contributed by atoms with Crippen molar-refractivity contribution in [3.05, 3.63) is 47.8 Å². The number of anilines is 1. The Labute approximate surface area is 139 Å². The van der Waals surface area contributed by atoms with Crippen LogP contribution in [0.1, 0.15) is 27.8 Å². The van der Waals surface area contributed by atoms with E-state index in [0.717, 1.165) is 0 Å². The van der Waals surface area contributed by atoms with Crippen LogP contribution in [-0.4, -0.2) is 42.7 Å². The van der Waals surface area contributed by atoms with Gasteiger partial charge in [0.1, 0.15) is 5.69 Å². The minimum atomic E-state index is -1.14. The third-order valence-electron chi connectivity index (χ3n) is 3.47. The number of hydrogen-bond donors (Lipinski definition) is 1. The van der Waals surface area contributed by atoms with E-state index in [1.807, 2.05) is 6.92 Å². The summed E-state index contributed by atoms with van der Waals surface area (Å²) in [7, 11) is 3.06. The van der Waals surface area contributed by atoms with Crippen LogP contribution in [0.15, 0.2) is 36.5 Å². The molecule has 1 heterocycles. The SMILES string of the molecule is CCN(C(=O)c1ccc(C(=O)O)nc1)c1ccc(OC)c(OC)c1. The van der Waals surface area contributed by atoms with Crippen LogP contribution in [0.4, 0.5) is 5.69 Å². The summed E-state index contributed by atoms with van der Waals surface area (Å²) >= 11 is 0. The van der Waals surface area contributed by atoms with Crippen molar-refractivity contribution in [2.24, 2.45) is 0 Å². The van der Waals surface area contributed by atoms with Crippen molar-refractivity contribution >= 4 is 17.6 Å². The molecule has 1 aromatic heterocycles. The molecule has 24 heavy (non-hydrogen) atoms. The Morgan fingerprint density at radius 3 is 2.33 bits per heavy atom. The molecule has 1 N–H and O–H groups in total. The first kappa shape index (κ1) is 17.3. The van der Waals surface area contributed by atoms with Gasteiger partial charge >= 0.3 is 5.97 Å². The summed E-state index contributed by atoms with van der Waals surface area (Å²) in [4.78, 5) is 28.8. The first-order valence-corrected chi connectivity index (χ1v) is 7.25. The fraction of sp³-hybridized carbons (Fsp3) is 0.235. The molecule has 2 aromatic rings. The van der Waals surface area contributed by atoms with E-state index in [0.29, 0.717) is 29.3 Å². The van der Waals surface area contributed by atoms with Crippen molar-refractivity contribution < 1.29 is 24.2 Å². The van der Waals surface area contributed by atoms with Gasteiger partial charge in [0, 0.05) is 24.5 Å². The molecule has 0 bridgehead atoms. The molecule has 0 aliphatic carbocycles. The average molecular weight is 330 g/mol. The van der Waals surface area contributed by atoms with Gasteiger partial charge in [0.15, 0.2) is 11.5 Å². The first-order valence-electron chi connectivity index (χ1n) is 7.25. The van der Waals surface area contributed by atoms with Crippen LogP contribution in [0.25, 0.3) is 0 Å². The number of carbonyl (C=O) groups excluding carboxylic acids is 1. The van der Waals surface area contributed by atoms with Crippen molar-refractivity contribution in [1.82, 2.24) is 4.98 Å². The maximum Gasteiger partial charge on any atom is 0.354 e. The predicted octanol–water partition coefficient (Wildman–Crippen LogP) is 2.46. The molecule has 1 amide bonds. The van der Waals surface area contributed by atoms with E-state index < -0.39 is 5.97 Å². The van der Waals surface area contributed by atoms with Gasteiger partial charge in [-0.25, -0.2) is 9.78 Å². The zero-order chi connectivity index (χ0) is 17.7. The Bertz CT molecular complexity index is 743. The van der Waals surface area contributed by atoms with Gasteiger partial charge in [0.05, 0.1) is 19.8 Å². The smallest absolute Gasteiger partial charge is 0.354 e. The highest BCUT2D eigenvalue weighted by Gasteiger charge is 2.19. The number of pyridine rings is 1. The van der Waals surface area contributed by atoms with Crippen LogP contribution < -0.4 is 14.4 Å². The van der Waals surface area contributed by atoms with Gasteiger partial charge in [0.25, 0.3) is 5.91 Å². The number of aromatic carboxylic acids is 1. The summed E-state index contributed by atoms with van der Waals surface area (Å²) in [6.45, 7) is 2.27. The van der Waals surface area contributed by atoms with E-state index >= 15 is 0 Å². The van der Waals surface area contributed by atoms with Crippen LogP contribution in [0, 0.1) is 0 Å². The molecule has 0 spiro atoms. The summed E-state index contributed by atoms with van der Waals surface area (Å²) < 4.78 is 10.4. The fourth-order valence-electron chi connectivity index (χ4n) is 2.24. The van der Waals surface area contributed by atoms with E-state index in [4.69, 9.17) is 14.6 Å². The highest BCUT2D eigenvalue weighted by molar-refractivity contribution is 6.06. The van der Waals surface area contributed by atoms with Crippen molar-refractivity contribution in [3.63, 3.8) is 0 Å². The molecule has 2 rings (SSSR count). The molecular weight excluding hydrogens is 312 g/mol. The third kappa shape index (κ3) is 3.45. The largest absolute Gasteiger partial charge is 0.493 e. The number of carboxylic acids is 1. The second-order valence-electron chi connectivity index (χ2n) is 4.83. The van der Waals surface area contributed by atoms with Crippen molar-refractivity contribution in [1.29, 1.82) is 0 Å². The Kier molecular flexibility index (Phi) is 5.36. The number of aromatic nitrogens is 1. The lowest BCUT2D eigenvalue weighted by Gasteiger charge is -2.22. The van der Waals surface area contributed by atoms with Gasteiger partial charge in [-0.3, -0.25) is 4.79 Å². The highest BCUT2D eigenvalue weighted by Crippen LogP contribution is 2.32. The number of rotatable bonds is 6. The monoisotopic (exact) mass is 330 g/mol. The summed E-state index contributed by atoms with van der Waals surface area (Å²) in [6.07, 6.45) is 1.26. The molecule has 0 radical (unpaired) electrons. The molecule has 0 atom stereocenters. The van der Waals surface area contributed by atoms with Gasteiger partial charge in [-0.15, -0.1) is 0 Å². The van der Waals surface area contributed by atoms with Crippen LogP contribution in [0.2, 0.25) is 0 Å². The van der Waals surface area contributed by atoms with Crippen LogP contribution >= 0.6 is 0 Å². The minimum Gasteiger partial charge on any atom is -0.493 e. The van der Waals surface area contributed by atoms with Gasteiger partial charge in [-0.1, -0.05) is 0 Å². The molecule has 7 heteroatoms. The zero-order valence-electron chi connectivity index (χ0n) is 13.6. The standard InChI is InChI=1S/C17H18N2O5/c1-4-19(12-6-8-14(23-2)15(9-12)24-3)16(20)11-5-7-13(17(21)22)18-10-11/h5-10H,4H2,1-3H3,(H,21,22). The molecule has 1 aromatic carbocycles. The third-order valence-corrected chi connectivity index (χ3v) is 3.47. The molecule has 0 unspecified atom stereocenters. The first-order chi connectivity index (χ1) is 11.5. The van der Waals surface area contributed by atoms with Gasteiger partial charge < -0.3 is 19.5 Å². The molecule has 7 nitrogen and oxygen atoms in total. The van der Waals surface area contributed by atoms with Crippen LogP contribution in [0.3, 0.4) is 0 Å². The molecule has 0 aliphatic heterocycles. The fourth-order valence-corrected chi connectivity index (χ4v) is 2.24. The summed E-state index contributed by atoms with van der Waals surface area (Å²) in [5.41, 5.74) is 0.833. The Balaban J connectivity index is 2.33. The zero-order valence-corrected chi connectivity index (χ0v) is 13.6. The number of hydrogen-bond acceptors (Lipinski definition) is 5. The van der Waals surface area contributed by atoms with E-state index in [1.54, 1.807) is 23.1 Å². The van der Waals surface area contributed by atoms with Gasteiger partial charge in [-0.2, -0.15) is 0 Å². The second-order valence-corrected chi connectivity index (χ2v) is 4.83. The lowest BCUT2D eigenvalue weighted by molar-refractivity contribution is 0.0690. The van der Waals surface area contributed by atoms with Crippen molar-refractivity contribution in [3.8, 4) is 11.5 Å². The molecular formula is C17H18N2O5. The topological polar surface area (TPSA) is 89.0 Å². The molecule has 0 saturated carbocycles. The van der Waals surface area contributed by atoms with E-state index in [1.165, 1.54) is 32.5 Å². The lowest BCUT2D eigenvalue weighted by atomic mass is 10.2. The average Bonchev–Trinajstić information content (AvgIpc) is 2.62. The summed E-state index contributed by atoms with van der Waals surface area (Å²) in [5, 5.41) is 8.87. The van der Waals surface area contributed by atoms with Crippen molar-refractivity contribution in [2.75, 3.05) is 25.7 Å². The minimum absolute atomic E-state index is 0.110. The van der Waals surface area contributed by atoms with Crippen molar-refractivity contribution in [2.45, 2.75) is 6.92 Å². The quantitative estimate of drug-likeness (QED) is 0.875.